The molecule has 0 atom stereocenters. The molecule has 1 aliphatic rings. The molecule has 0 aliphatic carbocycles. The molecule has 5 heterocycles. The second-order valence-corrected chi connectivity index (χ2v) is 7.64. The summed E-state index contributed by atoms with van der Waals surface area (Å²) in [7, 11) is 1.89. The molecule has 9 nitrogen and oxygen atoms in total. The summed E-state index contributed by atoms with van der Waals surface area (Å²) in [5.74, 6) is 1.36. The summed E-state index contributed by atoms with van der Waals surface area (Å²) in [5.41, 5.74) is 2.32. The molecule has 0 N–H and O–H groups in total. The first-order valence-electron chi connectivity index (χ1n) is 10.0. The maximum absolute atomic E-state index is 12.6. The van der Waals surface area contributed by atoms with Gasteiger partial charge in [-0.3, -0.25) is 19.0 Å². The predicted molar refractivity (Wildman–Crippen MR) is 113 cm³/mol. The highest BCUT2D eigenvalue weighted by molar-refractivity contribution is 5.86. The average Bonchev–Trinajstić information content (AvgIpc) is 3.17. The maximum atomic E-state index is 12.6. The van der Waals surface area contributed by atoms with Gasteiger partial charge >= 0.3 is 0 Å². The Morgan fingerprint density at radius 1 is 1.13 bits per heavy atom. The Morgan fingerprint density at radius 2 is 2.00 bits per heavy atom. The van der Waals surface area contributed by atoms with Crippen LogP contribution in [0.1, 0.15) is 12.8 Å². The summed E-state index contributed by atoms with van der Waals surface area (Å²) >= 11 is 0. The monoisotopic (exact) mass is 402 g/mol. The molecule has 0 bridgehead atoms. The molecule has 0 unspecified atom stereocenters. The predicted octanol–water partition coefficient (Wildman–Crippen LogP) is 1.90. The Kier molecular flexibility index (Phi) is 4.70. The van der Waals surface area contributed by atoms with Crippen molar-refractivity contribution in [3.63, 3.8) is 0 Å². The Bertz CT molecular complexity index is 1220. The van der Waals surface area contributed by atoms with Crippen molar-refractivity contribution in [1.29, 1.82) is 0 Å². The number of piperidine rings is 1. The van der Waals surface area contributed by atoms with Crippen LogP contribution in [0.3, 0.4) is 0 Å². The molecule has 152 valence electrons. The number of fused-ring (bicyclic) bond motifs is 1. The van der Waals surface area contributed by atoms with Crippen LogP contribution >= 0.6 is 0 Å². The van der Waals surface area contributed by atoms with Crippen molar-refractivity contribution in [2.24, 2.45) is 13.0 Å². The van der Waals surface area contributed by atoms with E-state index in [-0.39, 0.29) is 5.56 Å². The standard InChI is InChI=1S/C21H22N8O/c1-27-20-17(11-26-27)21(24-13-23-20)28-7-4-15(5-8-28)12-29-14-25-18(9-19(29)30)16-3-2-6-22-10-16/h2-3,6,9-11,13-15H,4-5,7-8,12H2,1H3. The van der Waals surface area contributed by atoms with Crippen LogP contribution in [0, 0.1) is 5.92 Å². The summed E-state index contributed by atoms with van der Waals surface area (Å²) < 4.78 is 3.48. The van der Waals surface area contributed by atoms with Gasteiger partial charge in [0.1, 0.15) is 12.1 Å². The van der Waals surface area contributed by atoms with E-state index in [1.54, 1.807) is 40.4 Å². The van der Waals surface area contributed by atoms with E-state index in [1.807, 2.05) is 25.4 Å². The highest BCUT2D eigenvalue weighted by atomic mass is 16.1. The quantitative estimate of drug-likeness (QED) is 0.514. The maximum Gasteiger partial charge on any atom is 0.253 e. The van der Waals surface area contributed by atoms with Crippen LogP contribution in [0.2, 0.25) is 0 Å². The number of aromatic nitrogens is 7. The van der Waals surface area contributed by atoms with Gasteiger partial charge in [-0.2, -0.15) is 5.10 Å². The summed E-state index contributed by atoms with van der Waals surface area (Å²) in [5, 5.41) is 5.28. The first-order valence-corrected chi connectivity index (χ1v) is 10.0. The van der Waals surface area contributed by atoms with E-state index in [4.69, 9.17) is 0 Å². The topological polar surface area (TPSA) is 94.6 Å². The second kappa shape index (κ2) is 7.66. The van der Waals surface area contributed by atoms with Gasteiger partial charge in [-0.25, -0.2) is 15.0 Å². The van der Waals surface area contributed by atoms with Gasteiger partial charge in [0.25, 0.3) is 5.56 Å². The van der Waals surface area contributed by atoms with Crippen molar-refractivity contribution >= 4 is 16.9 Å². The summed E-state index contributed by atoms with van der Waals surface area (Å²) in [6.45, 7) is 2.46. The Hall–Kier alpha value is -3.62. The Morgan fingerprint density at radius 3 is 2.77 bits per heavy atom. The molecular formula is C21H22N8O. The van der Waals surface area contributed by atoms with Crippen LogP contribution in [0.15, 0.2) is 54.2 Å². The highest BCUT2D eigenvalue weighted by Gasteiger charge is 2.23. The normalized spacial score (nSPS) is 15.0. The van der Waals surface area contributed by atoms with Gasteiger partial charge in [-0.15, -0.1) is 0 Å². The number of nitrogens with zero attached hydrogens (tertiary/aromatic N) is 8. The zero-order valence-corrected chi connectivity index (χ0v) is 16.7. The van der Waals surface area contributed by atoms with Crippen LogP contribution < -0.4 is 10.5 Å². The number of anilines is 1. The first-order chi connectivity index (χ1) is 14.7. The highest BCUT2D eigenvalue weighted by Crippen LogP contribution is 2.27. The molecule has 4 aromatic heterocycles. The zero-order chi connectivity index (χ0) is 20.5. The summed E-state index contributed by atoms with van der Waals surface area (Å²) in [4.78, 5) is 32.2. The fourth-order valence-corrected chi connectivity index (χ4v) is 4.04. The molecule has 1 saturated heterocycles. The lowest BCUT2D eigenvalue weighted by Crippen LogP contribution is -2.37. The van der Waals surface area contributed by atoms with Crippen molar-refractivity contribution in [2.75, 3.05) is 18.0 Å². The van der Waals surface area contributed by atoms with Crippen molar-refractivity contribution < 1.29 is 0 Å². The van der Waals surface area contributed by atoms with E-state index >= 15 is 0 Å². The van der Waals surface area contributed by atoms with Crippen molar-refractivity contribution in [3.05, 3.63) is 59.8 Å². The molecule has 0 saturated carbocycles. The minimum atomic E-state index is -0.0286. The van der Waals surface area contributed by atoms with E-state index in [1.165, 1.54) is 0 Å². The third-order valence-electron chi connectivity index (χ3n) is 5.71. The van der Waals surface area contributed by atoms with Crippen LogP contribution in [0.4, 0.5) is 5.82 Å². The van der Waals surface area contributed by atoms with Crippen LogP contribution in [-0.4, -0.2) is 47.4 Å². The lowest BCUT2D eigenvalue weighted by atomic mass is 9.96. The molecule has 1 fully saturated rings. The number of aryl methyl sites for hydroxylation is 1. The van der Waals surface area contributed by atoms with Gasteiger partial charge in [0.2, 0.25) is 0 Å². The van der Waals surface area contributed by atoms with Gasteiger partial charge in [0, 0.05) is 50.7 Å². The second-order valence-electron chi connectivity index (χ2n) is 7.64. The molecular weight excluding hydrogens is 380 g/mol. The molecule has 0 amide bonds. The molecule has 5 rings (SSSR count). The lowest BCUT2D eigenvalue weighted by Gasteiger charge is -2.33. The van der Waals surface area contributed by atoms with Crippen molar-refractivity contribution in [1.82, 2.24) is 34.3 Å². The fraction of sp³-hybridized carbons (Fsp3) is 0.333. The van der Waals surface area contributed by atoms with E-state index in [9.17, 15) is 4.79 Å². The SMILES string of the molecule is Cn1ncc2c(N3CCC(Cn4cnc(-c5cccnc5)cc4=O)CC3)ncnc21. The van der Waals surface area contributed by atoms with Crippen molar-refractivity contribution in [3.8, 4) is 11.3 Å². The first kappa shape index (κ1) is 18.4. The van der Waals surface area contributed by atoms with Crippen molar-refractivity contribution in [2.45, 2.75) is 19.4 Å². The van der Waals surface area contributed by atoms with Gasteiger partial charge < -0.3 is 4.90 Å². The number of rotatable bonds is 4. The number of pyridine rings is 1. The molecule has 4 aromatic rings. The van der Waals surface area contributed by atoms with Crippen LogP contribution in [0.5, 0.6) is 0 Å². The van der Waals surface area contributed by atoms with Crippen LogP contribution in [-0.2, 0) is 13.6 Å². The number of hydrogen-bond donors (Lipinski definition) is 0. The zero-order valence-electron chi connectivity index (χ0n) is 16.7. The van der Waals surface area contributed by atoms with E-state index in [2.05, 4.69) is 29.9 Å². The summed E-state index contributed by atoms with van der Waals surface area (Å²) in [6, 6.07) is 5.33. The van der Waals surface area contributed by atoms with Gasteiger partial charge in [-0.05, 0) is 30.9 Å². The third-order valence-corrected chi connectivity index (χ3v) is 5.71. The molecule has 1 aliphatic heterocycles. The molecule has 0 radical (unpaired) electrons. The minimum absolute atomic E-state index is 0.0286. The third kappa shape index (κ3) is 3.42. The largest absolute Gasteiger partial charge is 0.356 e. The average molecular weight is 402 g/mol. The fourth-order valence-electron chi connectivity index (χ4n) is 4.04. The smallest absolute Gasteiger partial charge is 0.253 e. The lowest BCUT2D eigenvalue weighted by molar-refractivity contribution is 0.350. The van der Waals surface area contributed by atoms with Gasteiger partial charge in [0.05, 0.1) is 23.6 Å². The van der Waals surface area contributed by atoms with E-state index < -0.39 is 0 Å². The Balaban J connectivity index is 1.27. The van der Waals surface area contributed by atoms with E-state index in [0.717, 1.165) is 48.3 Å². The molecule has 30 heavy (non-hydrogen) atoms. The minimum Gasteiger partial charge on any atom is -0.356 e. The Labute approximate surface area is 173 Å². The number of hydrogen-bond acceptors (Lipinski definition) is 7. The van der Waals surface area contributed by atoms with Gasteiger partial charge in [0.15, 0.2) is 5.65 Å². The van der Waals surface area contributed by atoms with Gasteiger partial charge in [-0.1, -0.05) is 0 Å². The van der Waals surface area contributed by atoms with Crippen LogP contribution in [0.25, 0.3) is 22.3 Å². The molecule has 0 spiro atoms. The molecule has 9 heteroatoms. The summed E-state index contributed by atoms with van der Waals surface area (Å²) in [6.07, 6.45) is 10.5. The molecule has 0 aromatic carbocycles. The van der Waals surface area contributed by atoms with E-state index in [0.29, 0.717) is 18.2 Å².